The van der Waals surface area contributed by atoms with Crippen LogP contribution in [0.2, 0.25) is 0 Å². The van der Waals surface area contributed by atoms with Crippen LogP contribution in [0.15, 0.2) is 0 Å². The van der Waals surface area contributed by atoms with Crippen molar-refractivity contribution < 1.29 is 4.84 Å². The summed E-state index contributed by atoms with van der Waals surface area (Å²) in [5, 5.41) is 2.00. The highest BCUT2D eigenvalue weighted by atomic mass is 16.7. The summed E-state index contributed by atoms with van der Waals surface area (Å²) in [6, 6.07) is 0. The maximum absolute atomic E-state index is 5.01. The molecule has 1 saturated heterocycles. The van der Waals surface area contributed by atoms with E-state index >= 15 is 0 Å². The van der Waals surface area contributed by atoms with Crippen LogP contribution in [0, 0.1) is 5.92 Å². The van der Waals surface area contributed by atoms with Crippen molar-refractivity contribution in [1.29, 1.82) is 0 Å². The van der Waals surface area contributed by atoms with Crippen LogP contribution in [-0.2, 0) is 4.84 Å². The van der Waals surface area contributed by atoms with E-state index in [1.807, 2.05) is 5.06 Å². The highest BCUT2D eigenvalue weighted by molar-refractivity contribution is 4.65. The molecule has 1 fully saturated rings. The lowest BCUT2D eigenvalue weighted by Crippen LogP contribution is -2.17. The first-order valence-corrected chi connectivity index (χ1v) is 3.12. The van der Waals surface area contributed by atoms with Crippen LogP contribution in [-0.4, -0.2) is 25.3 Å². The number of hydroxylamine groups is 2. The normalized spacial score (nSPS) is 31.5. The number of hydrogen-bond donors (Lipinski definition) is 0. The van der Waals surface area contributed by atoms with E-state index in [2.05, 4.69) is 6.92 Å². The number of hydrogen-bond acceptors (Lipinski definition) is 2. The summed E-state index contributed by atoms with van der Waals surface area (Å²) in [7, 11) is 1.73. The first kappa shape index (κ1) is 6.05. The smallest absolute Gasteiger partial charge is 0.0575 e. The van der Waals surface area contributed by atoms with Crippen LogP contribution in [0.3, 0.4) is 0 Å². The molecule has 1 atom stereocenters. The van der Waals surface area contributed by atoms with Gasteiger partial charge < -0.3 is 4.84 Å². The minimum Gasteiger partial charge on any atom is -0.302 e. The quantitative estimate of drug-likeness (QED) is 0.503. The summed E-state index contributed by atoms with van der Waals surface area (Å²) in [5.41, 5.74) is 0. The molecule has 0 radical (unpaired) electrons. The molecule has 2 heteroatoms. The maximum Gasteiger partial charge on any atom is 0.0575 e. The Kier molecular flexibility index (Phi) is 1.86. The van der Waals surface area contributed by atoms with Gasteiger partial charge in [0, 0.05) is 13.1 Å². The van der Waals surface area contributed by atoms with E-state index in [1.165, 1.54) is 6.42 Å². The van der Waals surface area contributed by atoms with Gasteiger partial charge >= 0.3 is 0 Å². The molecule has 1 unspecified atom stereocenters. The highest BCUT2D eigenvalue weighted by Crippen LogP contribution is 2.13. The topological polar surface area (TPSA) is 12.5 Å². The fourth-order valence-electron chi connectivity index (χ4n) is 1.06. The zero-order valence-corrected chi connectivity index (χ0v) is 5.55. The molecule has 0 bridgehead atoms. The Morgan fingerprint density at radius 3 is 2.62 bits per heavy atom. The zero-order chi connectivity index (χ0) is 5.98. The molecule has 0 amide bonds. The molecule has 0 saturated carbocycles. The van der Waals surface area contributed by atoms with E-state index in [4.69, 9.17) is 4.84 Å². The molecule has 0 N–H and O–H groups in total. The van der Waals surface area contributed by atoms with Crippen molar-refractivity contribution in [3.05, 3.63) is 0 Å². The molecular weight excluding hydrogens is 102 g/mol. The summed E-state index contributed by atoms with van der Waals surface area (Å²) in [5.74, 6) is 0.829. The Morgan fingerprint density at radius 1 is 1.62 bits per heavy atom. The van der Waals surface area contributed by atoms with E-state index in [-0.39, 0.29) is 0 Å². The Balaban J connectivity index is 2.22. The van der Waals surface area contributed by atoms with Crippen molar-refractivity contribution in [2.45, 2.75) is 13.3 Å². The standard InChI is InChI=1S/C6H13NO/c1-6-3-4-7(5-6)8-2/h6H,3-5H2,1-2H3. The van der Waals surface area contributed by atoms with Crippen molar-refractivity contribution in [3.63, 3.8) is 0 Å². The monoisotopic (exact) mass is 115 g/mol. The van der Waals surface area contributed by atoms with E-state index in [9.17, 15) is 0 Å². The van der Waals surface area contributed by atoms with Gasteiger partial charge in [0.1, 0.15) is 0 Å². The van der Waals surface area contributed by atoms with Gasteiger partial charge in [0.15, 0.2) is 0 Å². The molecule has 2 nitrogen and oxygen atoms in total. The first-order chi connectivity index (χ1) is 3.83. The third-order valence-corrected chi connectivity index (χ3v) is 1.64. The predicted octanol–water partition coefficient (Wildman–Crippen LogP) is 0.890. The van der Waals surface area contributed by atoms with Gasteiger partial charge in [-0.3, -0.25) is 0 Å². The van der Waals surface area contributed by atoms with Gasteiger partial charge in [-0.25, -0.2) is 0 Å². The molecule has 1 aliphatic heterocycles. The summed E-state index contributed by atoms with van der Waals surface area (Å²) in [4.78, 5) is 5.01. The predicted molar refractivity (Wildman–Crippen MR) is 32.4 cm³/mol. The van der Waals surface area contributed by atoms with Crippen LogP contribution in [0.4, 0.5) is 0 Å². The van der Waals surface area contributed by atoms with Crippen LogP contribution in [0.25, 0.3) is 0 Å². The van der Waals surface area contributed by atoms with Crippen LogP contribution < -0.4 is 0 Å². The summed E-state index contributed by atoms with van der Waals surface area (Å²) in [6.07, 6.45) is 1.29. The van der Waals surface area contributed by atoms with Gasteiger partial charge in [-0.2, -0.15) is 5.06 Å². The second kappa shape index (κ2) is 2.46. The van der Waals surface area contributed by atoms with Crippen molar-refractivity contribution in [2.75, 3.05) is 20.2 Å². The van der Waals surface area contributed by atoms with Crippen LogP contribution in [0.1, 0.15) is 13.3 Å². The fraction of sp³-hybridized carbons (Fsp3) is 1.00. The molecular formula is C6H13NO. The van der Waals surface area contributed by atoms with E-state index < -0.39 is 0 Å². The molecule has 1 aliphatic rings. The maximum atomic E-state index is 5.01. The van der Waals surface area contributed by atoms with Crippen LogP contribution >= 0.6 is 0 Å². The van der Waals surface area contributed by atoms with Crippen molar-refractivity contribution >= 4 is 0 Å². The van der Waals surface area contributed by atoms with Gasteiger partial charge in [-0.1, -0.05) is 6.92 Å². The lowest BCUT2D eigenvalue weighted by molar-refractivity contribution is -0.114. The van der Waals surface area contributed by atoms with Gasteiger partial charge in [0.25, 0.3) is 0 Å². The lowest BCUT2D eigenvalue weighted by atomic mass is 10.2. The van der Waals surface area contributed by atoms with Gasteiger partial charge in [-0.05, 0) is 12.3 Å². The van der Waals surface area contributed by atoms with Gasteiger partial charge in [-0.15, -0.1) is 0 Å². The molecule has 8 heavy (non-hydrogen) atoms. The van der Waals surface area contributed by atoms with E-state index in [0.717, 1.165) is 19.0 Å². The molecule has 0 spiro atoms. The Hall–Kier alpha value is -0.0800. The Bertz CT molecular complexity index is 74.9. The lowest BCUT2D eigenvalue weighted by Gasteiger charge is -2.09. The summed E-state index contributed by atoms with van der Waals surface area (Å²) < 4.78 is 0. The molecule has 0 aromatic heterocycles. The largest absolute Gasteiger partial charge is 0.302 e. The molecule has 0 aromatic carbocycles. The third-order valence-electron chi connectivity index (χ3n) is 1.64. The zero-order valence-electron chi connectivity index (χ0n) is 5.55. The van der Waals surface area contributed by atoms with Gasteiger partial charge in [0.2, 0.25) is 0 Å². The molecule has 0 aromatic rings. The second-order valence-corrected chi connectivity index (χ2v) is 2.46. The Morgan fingerprint density at radius 2 is 2.38 bits per heavy atom. The first-order valence-electron chi connectivity index (χ1n) is 3.12. The average molecular weight is 115 g/mol. The van der Waals surface area contributed by atoms with E-state index in [1.54, 1.807) is 7.11 Å². The minimum atomic E-state index is 0.829. The molecule has 0 aliphatic carbocycles. The molecule has 1 rings (SSSR count). The highest BCUT2D eigenvalue weighted by Gasteiger charge is 2.17. The third kappa shape index (κ3) is 1.20. The number of nitrogens with zero attached hydrogens (tertiary/aromatic N) is 1. The number of rotatable bonds is 1. The van der Waals surface area contributed by atoms with Gasteiger partial charge in [0.05, 0.1) is 7.11 Å². The minimum absolute atomic E-state index is 0.829. The van der Waals surface area contributed by atoms with E-state index in [0.29, 0.717) is 0 Å². The van der Waals surface area contributed by atoms with Crippen LogP contribution in [0.5, 0.6) is 0 Å². The SMILES string of the molecule is CON1CCC(C)C1. The summed E-state index contributed by atoms with van der Waals surface area (Å²) >= 11 is 0. The fourth-order valence-corrected chi connectivity index (χ4v) is 1.06. The summed E-state index contributed by atoms with van der Waals surface area (Å²) in [6.45, 7) is 4.47. The van der Waals surface area contributed by atoms with Crippen molar-refractivity contribution in [2.24, 2.45) is 5.92 Å². The molecule has 1 heterocycles. The second-order valence-electron chi connectivity index (χ2n) is 2.46. The average Bonchev–Trinajstić information content (AvgIpc) is 2.14. The molecule has 48 valence electrons. The van der Waals surface area contributed by atoms with Crippen molar-refractivity contribution in [3.8, 4) is 0 Å². The Labute approximate surface area is 50.4 Å². The van der Waals surface area contributed by atoms with Crippen molar-refractivity contribution in [1.82, 2.24) is 5.06 Å².